The van der Waals surface area contributed by atoms with Gasteiger partial charge in [0.25, 0.3) is 11.6 Å². The van der Waals surface area contributed by atoms with Gasteiger partial charge in [-0.2, -0.15) is 5.10 Å². The zero-order valence-electron chi connectivity index (χ0n) is 16.3. The Morgan fingerprint density at radius 2 is 2.10 bits per heavy atom. The second kappa shape index (κ2) is 7.86. The number of hydrogen-bond acceptors (Lipinski definition) is 6. The number of hydrazone groups is 1. The van der Waals surface area contributed by atoms with Gasteiger partial charge in [-0.1, -0.05) is 0 Å². The number of nitrogens with one attached hydrogen (secondary N) is 2. The molecule has 0 aliphatic heterocycles. The number of aromatic hydroxyl groups is 1. The second-order valence-corrected chi connectivity index (χ2v) is 7.09. The third-order valence-corrected chi connectivity index (χ3v) is 5.25. The van der Waals surface area contributed by atoms with E-state index < -0.39 is 10.8 Å². The SMILES string of the molecule is COc1cc([N+](=O)[O-])cc(/C=N/NC(=O)c2ccc3[nH]c4c(c3c2)CCCC4)c1O. The molecule has 0 bridgehead atoms. The van der Waals surface area contributed by atoms with Gasteiger partial charge in [0, 0.05) is 33.8 Å². The van der Waals surface area contributed by atoms with Crippen LogP contribution >= 0.6 is 0 Å². The fourth-order valence-corrected chi connectivity index (χ4v) is 3.75. The van der Waals surface area contributed by atoms with Gasteiger partial charge >= 0.3 is 0 Å². The van der Waals surface area contributed by atoms with Gasteiger partial charge in [-0.3, -0.25) is 14.9 Å². The number of aromatic nitrogens is 1. The largest absolute Gasteiger partial charge is 0.504 e. The molecule has 1 aliphatic carbocycles. The lowest BCUT2D eigenvalue weighted by Crippen LogP contribution is -2.17. The summed E-state index contributed by atoms with van der Waals surface area (Å²) in [5, 5.41) is 26.1. The lowest BCUT2D eigenvalue weighted by Gasteiger charge is -2.10. The van der Waals surface area contributed by atoms with Crippen LogP contribution in [0.1, 0.15) is 40.0 Å². The number of benzene rings is 2. The third kappa shape index (κ3) is 3.57. The van der Waals surface area contributed by atoms with Gasteiger partial charge in [0.1, 0.15) is 0 Å². The fourth-order valence-electron chi connectivity index (χ4n) is 3.75. The van der Waals surface area contributed by atoms with Crippen LogP contribution in [0.5, 0.6) is 11.5 Å². The number of methoxy groups -OCH3 is 1. The Morgan fingerprint density at radius 1 is 1.30 bits per heavy atom. The molecule has 2 aromatic carbocycles. The van der Waals surface area contributed by atoms with E-state index in [9.17, 15) is 20.0 Å². The van der Waals surface area contributed by atoms with Crippen LogP contribution < -0.4 is 10.2 Å². The van der Waals surface area contributed by atoms with Crippen molar-refractivity contribution in [2.45, 2.75) is 25.7 Å². The standard InChI is InChI=1S/C21H20N4O5/c1-30-19-10-14(25(28)29)8-13(20(19)26)11-22-24-21(27)12-6-7-18-16(9-12)15-4-2-3-5-17(15)23-18/h6-11,23,26H,2-5H2,1H3,(H,24,27)/b22-11+. The van der Waals surface area contributed by atoms with Crippen molar-refractivity contribution in [3.8, 4) is 11.5 Å². The summed E-state index contributed by atoms with van der Waals surface area (Å²) in [6, 6.07) is 7.69. The van der Waals surface area contributed by atoms with Crippen molar-refractivity contribution in [3.63, 3.8) is 0 Å². The molecule has 1 aromatic heterocycles. The summed E-state index contributed by atoms with van der Waals surface area (Å²) in [5.74, 6) is -0.781. The first kappa shape index (κ1) is 19.4. The molecule has 30 heavy (non-hydrogen) atoms. The minimum absolute atomic E-state index is 0.0523. The molecule has 1 amide bonds. The number of non-ortho nitro benzene ring substituents is 1. The van der Waals surface area contributed by atoms with Crippen molar-refractivity contribution >= 4 is 28.7 Å². The van der Waals surface area contributed by atoms with Gasteiger partial charge in [0.2, 0.25) is 0 Å². The average molecular weight is 408 g/mol. The lowest BCUT2D eigenvalue weighted by atomic mass is 9.95. The number of nitro benzene ring substituents is 1. The van der Waals surface area contributed by atoms with E-state index in [2.05, 4.69) is 15.5 Å². The molecule has 1 heterocycles. The summed E-state index contributed by atoms with van der Waals surface area (Å²) in [5.41, 5.74) is 6.15. The number of rotatable bonds is 5. The van der Waals surface area contributed by atoms with E-state index in [1.165, 1.54) is 18.4 Å². The van der Waals surface area contributed by atoms with E-state index in [-0.39, 0.29) is 22.7 Å². The van der Waals surface area contributed by atoms with Crippen LogP contribution in [0.4, 0.5) is 5.69 Å². The van der Waals surface area contributed by atoms with Crippen molar-refractivity contribution in [1.29, 1.82) is 0 Å². The maximum atomic E-state index is 12.5. The van der Waals surface area contributed by atoms with E-state index >= 15 is 0 Å². The summed E-state index contributed by atoms with van der Waals surface area (Å²) >= 11 is 0. The number of nitrogens with zero attached hydrogens (tertiary/aromatic N) is 2. The Hall–Kier alpha value is -3.88. The number of aromatic amines is 1. The highest BCUT2D eigenvalue weighted by molar-refractivity contribution is 5.99. The smallest absolute Gasteiger partial charge is 0.274 e. The molecule has 0 unspecified atom stereocenters. The number of amides is 1. The maximum Gasteiger partial charge on any atom is 0.274 e. The number of H-pyrrole nitrogens is 1. The molecule has 1 aliphatic rings. The molecule has 9 heteroatoms. The molecule has 0 saturated carbocycles. The molecule has 3 aromatic rings. The van der Waals surface area contributed by atoms with E-state index in [4.69, 9.17) is 4.74 Å². The number of carbonyl (C=O) groups excluding carboxylic acids is 1. The summed E-state index contributed by atoms with van der Waals surface area (Å²) < 4.78 is 4.95. The molecular weight excluding hydrogens is 388 g/mol. The van der Waals surface area contributed by atoms with Gasteiger partial charge in [-0.25, -0.2) is 5.43 Å². The lowest BCUT2D eigenvalue weighted by molar-refractivity contribution is -0.385. The number of phenolic OH excluding ortho intramolecular Hbond substituents is 1. The van der Waals surface area contributed by atoms with E-state index in [0.29, 0.717) is 5.56 Å². The molecule has 0 radical (unpaired) electrons. The first-order chi connectivity index (χ1) is 14.5. The van der Waals surface area contributed by atoms with Crippen molar-refractivity contribution in [1.82, 2.24) is 10.4 Å². The minimum Gasteiger partial charge on any atom is -0.504 e. The Bertz CT molecular complexity index is 1180. The maximum absolute atomic E-state index is 12.5. The Balaban J connectivity index is 1.56. The fraction of sp³-hybridized carbons (Fsp3) is 0.238. The zero-order chi connectivity index (χ0) is 21.3. The zero-order valence-corrected chi connectivity index (χ0v) is 16.3. The number of ether oxygens (including phenoxy) is 1. The van der Waals surface area contributed by atoms with Crippen LogP contribution in [0, 0.1) is 10.1 Å². The van der Waals surface area contributed by atoms with Crippen molar-refractivity contribution in [2.24, 2.45) is 5.10 Å². The summed E-state index contributed by atoms with van der Waals surface area (Å²) in [6.45, 7) is 0. The van der Waals surface area contributed by atoms with Gasteiger partial charge in [0.05, 0.1) is 24.3 Å². The first-order valence-corrected chi connectivity index (χ1v) is 9.50. The molecule has 0 spiro atoms. The number of aryl methyl sites for hydroxylation is 2. The molecule has 9 nitrogen and oxygen atoms in total. The normalized spacial score (nSPS) is 13.4. The highest BCUT2D eigenvalue weighted by Gasteiger charge is 2.18. The first-order valence-electron chi connectivity index (χ1n) is 9.50. The number of fused-ring (bicyclic) bond motifs is 3. The third-order valence-electron chi connectivity index (χ3n) is 5.25. The van der Waals surface area contributed by atoms with Crippen LogP contribution in [0.2, 0.25) is 0 Å². The van der Waals surface area contributed by atoms with Crippen molar-refractivity contribution in [3.05, 3.63) is 62.8 Å². The second-order valence-electron chi connectivity index (χ2n) is 7.09. The van der Waals surface area contributed by atoms with Crippen LogP contribution in [-0.2, 0) is 12.8 Å². The van der Waals surface area contributed by atoms with Crippen molar-refractivity contribution < 1.29 is 19.6 Å². The highest BCUT2D eigenvalue weighted by atomic mass is 16.6. The quantitative estimate of drug-likeness (QED) is 0.338. The highest BCUT2D eigenvalue weighted by Crippen LogP contribution is 2.33. The van der Waals surface area contributed by atoms with Crippen LogP contribution in [0.3, 0.4) is 0 Å². The van der Waals surface area contributed by atoms with Crippen LogP contribution in [-0.4, -0.2) is 34.2 Å². The topological polar surface area (TPSA) is 130 Å². The average Bonchev–Trinajstić information content (AvgIpc) is 3.12. The molecule has 3 N–H and O–H groups in total. The van der Waals surface area contributed by atoms with E-state index in [1.807, 2.05) is 12.1 Å². The molecule has 4 rings (SSSR count). The molecule has 0 fully saturated rings. The van der Waals surface area contributed by atoms with Gasteiger partial charge in [0.15, 0.2) is 11.5 Å². The number of carbonyl (C=O) groups is 1. The summed E-state index contributed by atoms with van der Waals surface area (Å²) in [4.78, 5) is 26.4. The molecule has 154 valence electrons. The Morgan fingerprint density at radius 3 is 2.87 bits per heavy atom. The monoisotopic (exact) mass is 408 g/mol. The predicted octanol–water partition coefficient (Wildman–Crippen LogP) is 3.43. The predicted molar refractivity (Wildman–Crippen MR) is 111 cm³/mol. The van der Waals surface area contributed by atoms with E-state index in [0.717, 1.165) is 54.9 Å². The Kier molecular flexibility index (Phi) is 5.09. The van der Waals surface area contributed by atoms with E-state index in [1.54, 1.807) is 6.07 Å². The Labute approximate surface area is 171 Å². The molecule has 0 atom stereocenters. The number of hydrogen-bond donors (Lipinski definition) is 3. The minimum atomic E-state index is -0.606. The van der Waals surface area contributed by atoms with Gasteiger partial charge in [-0.15, -0.1) is 0 Å². The molecule has 0 saturated heterocycles. The van der Waals surface area contributed by atoms with Gasteiger partial charge < -0.3 is 14.8 Å². The van der Waals surface area contributed by atoms with Crippen molar-refractivity contribution in [2.75, 3.05) is 7.11 Å². The van der Waals surface area contributed by atoms with Crippen LogP contribution in [0.15, 0.2) is 35.4 Å². The molecular formula is C21H20N4O5. The number of phenols is 1. The summed E-state index contributed by atoms with van der Waals surface area (Å²) in [7, 11) is 1.29. The summed E-state index contributed by atoms with van der Waals surface area (Å²) in [6.07, 6.45) is 5.45. The number of nitro groups is 1. The van der Waals surface area contributed by atoms with Gasteiger partial charge in [-0.05, 0) is 49.4 Å². The van der Waals surface area contributed by atoms with Crippen LogP contribution in [0.25, 0.3) is 10.9 Å².